The maximum Gasteiger partial charge on any atom is 0.270 e. The first-order valence-electron chi connectivity index (χ1n) is 10.4. The van der Waals surface area contributed by atoms with Crippen molar-refractivity contribution in [1.29, 1.82) is 5.41 Å². The van der Waals surface area contributed by atoms with Gasteiger partial charge in [0, 0.05) is 36.1 Å². The van der Waals surface area contributed by atoms with E-state index in [2.05, 4.69) is 0 Å². The Morgan fingerprint density at radius 1 is 1.09 bits per heavy atom. The molecule has 0 saturated carbocycles. The Balaban J connectivity index is 1.72. The Bertz CT molecular complexity index is 1260. The third-order valence-corrected chi connectivity index (χ3v) is 7.54. The van der Waals surface area contributed by atoms with Gasteiger partial charge in [0.25, 0.3) is 5.91 Å². The third-order valence-electron chi connectivity index (χ3n) is 5.83. The summed E-state index contributed by atoms with van der Waals surface area (Å²) in [4.78, 5) is 15.1. The zero-order valence-electron chi connectivity index (χ0n) is 17.5. The van der Waals surface area contributed by atoms with Crippen molar-refractivity contribution in [2.75, 3.05) is 18.8 Å². The van der Waals surface area contributed by atoms with Crippen LogP contribution in [0.1, 0.15) is 28.9 Å². The van der Waals surface area contributed by atoms with Gasteiger partial charge in [-0.1, -0.05) is 30.3 Å². The van der Waals surface area contributed by atoms with Crippen molar-refractivity contribution < 1.29 is 17.6 Å². The number of likely N-dealkylation sites (tertiary alicyclic amines) is 1. The summed E-state index contributed by atoms with van der Waals surface area (Å²) in [7, 11) is -3.57. The van der Waals surface area contributed by atoms with Crippen LogP contribution in [0.25, 0.3) is 10.9 Å². The number of hydrogen-bond acceptors (Lipinski definition) is 4. The van der Waals surface area contributed by atoms with Gasteiger partial charge in [-0.2, -0.15) is 0 Å². The van der Waals surface area contributed by atoms with Crippen molar-refractivity contribution >= 4 is 32.5 Å². The lowest BCUT2D eigenvalue weighted by molar-refractivity contribution is 0.0657. The van der Waals surface area contributed by atoms with E-state index >= 15 is 0 Å². The molecule has 9 heteroatoms. The van der Waals surface area contributed by atoms with Gasteiger partial charge in [-0.25, -0.2) is 12.8 Å². The summed E-state index contributed by atoms with van der Waals surface area (Å²) in [6.45, 7) is 0.702. The number of piperidine rings is 1. The standard InChI is InChI=1S/C23H25FN4O3S/c24-18-8-10-27(11-9-18)23(29)21-14-16-6-7-17(22(25)26)15-20(16)28(21)12-13-32(30,31)19-4-2-1-3-5-19/h1-7,14-15,18H,8-13H2,(H3,25,26). The normalized spacial score (nSPS) is 15.2. The second-order valence-electron chi connectivity index (χ2n) is 7.97. The number of carbonyl (C=O) groups excluding carboxylic acids is 1. The van der Waals surface area contributed by atoms with Crippen molar-refractivity contribution in [3.63, 3.8) is 0 Å². The molecule has 1 saturated heterocycles. The first-order chi connectivity index (χ1) is 15.3. The molecule has 1 fully saturated rings. The van der Waals surface area contributed by atoms with E-state index < -0.39 is 16.0 Å². The van der Waals surface area contributed by atoms with E-state index in [0.717, 1.165) is 5.39 Å². The number of halogens is 1. The van der Waals surface area contributed by atoms with E-state index in [0.29, 0.717) is 42.7 Å². The summed E-state index contributed by atoms with van der Waals surface area (Å²) in [6.07, 6.45) is -0.315. The molecule has 4 rings (SSSR count). The number of nitrogens with two attached hydrogens (primary N) is 1. The zero-order chi connectivity index (χ0) is 22.9. The van der Waals surface area contributed by atoms with Crippen molar-refractivity contribution in [1.82, 2.24) is 9.47 Å². The molecule has 7 nitrogen and oxygen atoms in total. The Labute approximate surface area is 186 Å². The van der Waals surface area contributed by atoms with Crippen LogP contribution in [0, 0.1) is 5.41 Å². The molecule has 1 aliphatic heterocycles. The highest BCUT2D eigenvalue weighted by molar-refractivity contribution is 7.91. The second kappa shape index (κ2) is 8.74. The fourth-order valence-corrected chi connectivity index (χ4v) is 5.24. The van der Waals surface area contributed by atoms with Gasteiger partial charge in [0.2, 0.25) is 0 Å². The van der Waals surface area contributed by atoms with E-state index in [-0.39, 0.29) is 28.9 Å². The van der Waals surface area contributed by atoms with Crippen LogP contribution >= 0.6 is 0 Å². The number of sulfone groups is 1. The van der Waals surface area contributed by atoms with Gasteiger partial charge in [0.05, 0.1) is 10.6 Å². The number of aromatic nitrogens is 1. The number of carbonyl (C=O) groups is 1. The number of aryl methyl sites for hydroxylation is 1. The number of amidine groups is 1. The van der Waals surface area contributed by atoms with Crippen LogP contribution in [0.15, 0.2) is 59.5 Å². The lowest BCUT2D eigenvalue weighted by atomic mass is 10.1. The molecule has 1 aromatic heterocycles. The van der Waals surface area contributed by atoms with Crippen molar-refractivity contribution in [2.45, 2.75) is 30.5 Å². The highest BCUT2D eigenvalue weighted by Crippen LogP contribution is 2.25. The predicted molar refractivity (Wildman–Crippen MR) is 121 cm³/mol. The molecule has 1 aliphatic rings. The Kier molecular flexibility index (Phi) is 6.01. The van der Waals surface area contributed by atoms with Crippen LogP contribution < -0.4 is 5.73 Å². The molecule has 0 atom stereocenters. The molecule has 0 radical (unpaired) electrons. The molecule has 1 amide bonds. The minimum absolute atomic E-state index is 0.0583. The molecule has 3 aromatic rings. The minimum Gasteiger partial charge on any atom is -0.384 e. The number of amides is 1. The molecule has 2 heterocycles. The van der Waals surface area contributed by atoms with Gasteiger partial charge in [-0.3, -0.25) is 10.2 Å². The summed E-state index contributed by atoms with van der Waals surface area (Å²) in [5.41, 5.74) is 7.10. The molecule has 0 aliphatic carbocycles. The number of nitrogen functional groups attached to an aromatic ring is 1. The van der Waals surface area contributed by atoms with Crippen molar-refractivity contribution in [3.05, 3.63) is 65.9 Å². The number of nitrogens with zero attached hydrogens (tertiary/aromatic N) is 2. The van der Waals surface area contributed by atoms with Crippen molar-refractivity contribution in [3.8, 4) is 0 Å². The van der Waals surface area contributed by atoms with Crippen LogP contribution in [0.2, 0.25) is 0 Å². The molecule has 2 aromatic carbocycles. The summed E-state index contributed by atoms with van der Waals surface area (Å²) in [6, 6.07) is 15.0. The molecule has 0 bridgehead atoms. The average molecular weight is 457 g/mol. The summed E-state index contributed by atoms with van der Waals surface area (Å²) in [5, 5.41) is 8.47. The third kappa shape index (κ3) is 4.38. The molecule has 0 unspecified atom stereocenters. The number of fused-ring (bicyclic) bond motifs is 1. The number of hydrogen-bond donors (Lipinski definition) is 2. The Morgan fingerprint density at radius 2 is 1.78 bits per heavy atom. The summed E-state index contributed by atoms with van der Waals surface area (Å²) >= 11 is 0. The molecule has 0 spiro atoms. The first kappa shape index (κ1) is 22.0. The first-order valence-corrected chi connectivity index (χ1v) is 12.1. The molecular weight excluding hydrogens is 431 g/mol. The van der Waals surface area contributed by atoms with Gasteiger partial charge >= 0.3 is 0 Å². The van der Waals surface area contributed by atoms with E-state index in [1.807, 2.05) is 0 Å². The fourth-order valence-electron chi connectivity index (χ4n) is 4.01. The van der Waals surface area contributed by atoms with Gasteiger partial charge in [0.1, 0.15) is 17.7 Å². The predicted octanol–water partition coefficient (Wildman–Crippen LogP) is 2.97. The van der Waals surface area contributed by atoms with Crippen LogP contribution in [-0.4, -0.2) is 54.6 Å². The minimum atomic E-state index is -3.57. The molecule has 168 valence electrons. The van der Waals surface area contributed by atoms with Crippen LogP contribution in [0.5, 0.6) is 0 Å². The van der Waals surface area contributed by atoms with Gasteiger partial charge in [-0.15, -0.1) is 0 Å². The fraction of sp³-hybridized carbons (Fsp3) is 0.304. The second-order valence-corrected chi connectivity index (χ2v) is 10.1. The van der Waals surface area contributed by atoms with Crippen LogP contribution in [-0.2, 0) is 16.4 Å². The maximum absolute atomic E-state index is 13.6. The quantitative estimate of drug-likeness (QED) is 0.439. The maximum atomic E-state index is 13.6. The highest BCUT2D eigenvalue weighted by Gasteiger charge is 2.27. The Hall–Kier alpha value is -3.20. The van der Waals surface area contributed by atoms with E-state index in [4.69, 9.17) is 11.1 Å². The van der Waals surface area contributed by atoms with Crippen molar-refractivity contribution in [2.24, 2.45) is 5.73 Å². The largest absolute Gasteiger partial charge is 0.384 e. The highest BCUT2D eigenvalue weighted by atomic mass is 32.2. The lowest BCUT2D eigenvalue weighted by Gasteiger charge is -2.29. The van der Waals surface area contributed by atoms with Gasteiger partial charge < -0.3 is 15.2 Å². The van der Waals surface area contributed by atoms with Gasteiger partial charge in [0.15, 0.2) is 9.84 Å². The molecule has 3 N–H and O–H groups in total. The molecular formula is C23H25FN4O3S. The SMILES string of the molecule is N=C(N)c1ccc2cc(C(=O)N3CCC(F)CC3)n(CCS(=O)(=O)c3ccccc3)c2c1. The lowest BCUT2D eigenvalue weighted by Crippen LogP contribution is -2.40. The van der Waals surface area contributed by atoms with Crippen LogP contribution in [0.3, 0.4) is 0 Å². The monoisotopic (exact) mass is 456 g/mol. The number of rotatable bonds is 6. The van der Waals surface area contributed by atoms with Gasteiger partial charge in [-0.05, 0) is 37.1 Å². The number of nitrogens with one attached hydrogen (secondary N) is 1. The average Bonchev–Trinajstić information content (AvgIpc) is 3.16. The van der Waals surface area contributed by atoms with Crippen LogP contribution in [0.4, 0.5) is 4.39 Å². The topological polar surface area (TPSA) is 109 Å². The van der Waals surface area contributed by atoms with E-state index in [1.54, 1.807) is 64.1 Å². The zero-order valence-corrected chi connectivity index (χ0v) is 18.3. The summed E-state index contributed by atoms with van der Waals surface area (Å²) < 4.78 is 40.9. The van der Waals surface area contributed by atoms with E-state index in [9.17, 15) is 17.6 Å². The summed E-state index contributed by atoms with van der Waals surface area (Å²) in [5.74, 6) is -0.568. The number of alkyl halides is 1. The molecule has 32 heavy (non-hydrogen) atoms. The van der Waals surface area contributed by atoms with E-state index in [1.165, 1.54) is 0 Å². The smallest absolute Gasteiger partial charge is 0.270 e. The Morgan fingerprint density at radius 3 is 2.44 bits per heavy atom. The number of benzene rings is 2.